The van der Waals surface area contributed by atoms with Crippen molar-refractivity contribution in [3.63, 3.8) is 0 Å². The van der Waals surface area contributed by atoms with Gasteiger partial charge >= 0.3 is 5.97 Å². The fraction of sp³-hybridized carbons (Fsp3) is 0.192. The standard InChI is InChI=1S/C26H25Cl2N5O5/c1-15-9-10-29-21(11-15)32-17-6-3-5-16(12-17)24(35)31-14-22(34)30-13-20(26(37)38-2)33-25(36)23-18(27)7-4-8-19(23)28/h3-12,20H,13-14H2,1-2H3,(H,29,32)(H,30,34)(H,31,35)(H,33,36). The minimum absolute atomic E-state index is 0.0155. The van der Waals surface area contributed by atoms with Crippen LogP contribution in [0.4, 0.5) is 11.5 Å². The zero-order valence-electron chi connectivity index (χ0n) is 20.5. The minimum atomic E-state index is -1.22. The molecule has 1 heterocycles. The van der Waals surface area contributed by atoms with Gasteiger partial charge in [0.25, 0.3) is 11.8 Å². The number of anilines is 2. The fourth-order valence-corrected chi connectivity index (χ4v) is 3.88. The van der Waals surface area contributed by atoms with Crippen molar-refractivity contribution in [2.24, 2.45) is 0 Å². The molecule has 38 heavy (non-hydrogen) atoms. The Morgan fingerprint density at radius 3 is 2.34 bits per heavy atom. The third kappa shape index (κ3) is 7.92. The van der Waals surface area contributed by atoms with Gasteiger partial charge < -0.3 is 26.0 Å². The highest BCUT2D eigenvalue weighted by molar-refractivity contribution is 6.39. The number of nitrogens with one attached hydrogen (secondary N) is 4. The molecule has 1 unspecified atom stereocenters. The lowest BCUT2D eigenvalue weighted by Gasteiger charge is -2.18. The Balaban J connectivity index is 1.54. The summed E-state index contributed by atoms with van der Waals surface area (Å²) in [6, 6.07) is 13.7. The van der Waals surface area contributed by atoms with Crippen molar-refractivity contribution in [1.82, 2.24) is 20.9 Å². The first-order chi connectivity index (χ1) is 18.2. The number of carbonyl (C=O) groups excluding carboxylic acids is 4. The second kappa shape index (κ2) is 13.4. The first kappa shape index (κ1) is 28.4. The molecule has 3 amide bonds. The number of nitrogens with zero attached hydrogens (tertiary/aromatic N) is 1. The summed E-state index contributed by atoms with van der Waals surface area (Å²) >= 11 is 12.1. The van der Waals surface area contributed by atoms with Crippen LogP contribution < -0.4 is 21.3 Å². The van der Waals surface area contributed by atoms with E-state index in [9.17, 15) is 19.2 Å². The van der Waals surface area contributed by atoms with Crippen molar-refractivity contribution >= 4 is 58.4 Å². The lowest BCUT2D eigenvalue weighted by Crippen LogP contribution is -2.50. The molecule has 0 fully saturated rings. The zero-order valence-corrected chi connectivity index (χ0v) is 22.0. The predicted molar refractivity (Wildman–Crippen MR) is 144 cm³/mol. The molecule has 1 aromatic heterocycles. The molecule has 0 bridgehead atoms. The highest BCUT2D eigenvalue weighted by Gasteiger charge is 2.25. The fourth-order valence-electron chi connectivity index (χ4n) is 3.31. The molecule has 2 aromatic carbocycles. The van der Waals surface area contributed by atoms with Gasteiger partial charge in [0.15, 0.2) is 0 Å². The summed E-state index contributed by atoms with van der Waals surface area (Å²) < 4.78 is 4.71. The van der Waals surface area contributed by atoms with E-state index < -0.39 is 29.7 Å². The number of halogens is 2. The summed E-state index contributed by atoms with van der Waals surface area (Å²) in [5, 5.41) is 10.8. The number of pyridine rings is 1. The molecule has 0 aliphatic heterocycles. The van der Waals surface area contributed by atoms with Crippen LogP contribution >= 0.6 is 23.2 Å². The first-order valence-corrected chi connectivity index (χ1v) is 12.1. The van der Waals surface area contributed by atoms with Crippen molar-refractivity contribution < 1.29 is 23.9 Å². The van der Waals surface area contributed by atoms with Gasteiger partial charge in [-0.1, -0.05) is 35.3 Å². The van der Waals surface area contributed by atoms with Crippen LogP contribution in [0.5, 0.6) is 0 Å². The number of carbonyl (C=O) groups is 4. The average molecular weight is 558 g/mol. The molecule has 4 N–H and O–H groups in total. The smallest absolute Gasteiger partial charge is 0.330 e. The van der Waals surface area contributed by atoms with E-state index in [1.165, 1.54) is 12.1 Å². The van der Waals surface area contributed by atoms with Crippen molar-refractivity contribution in [2.75, 3.05) is 25.5 Å². The van der Waals surface area contributed by atoms with Gasteiger partial charge in [0, 0.05) is 24.0 Å². The molecule has 0 saturated carbocycles. The molecule has 3 rings (SSSR count). The molecule has 0 radical (unpaired) electrons. The molecule has 3 aromatic rings. The summed E-state index contributed by atoms with van der Waals surface area (Å²) in [7, 11) is 1.14. The predicted octanol–water partition coefficient (Wildman–Crippen LogP) is 3.26. The molecule has 0 spiro atoms. The van der Waals surface area contributed by atoms with Crippen LogP contribution in [0.2, 0.25) is 10.0 Å². The molecule has 0 aliphatic rings. The van der Waals surface area contributed by atoms with Crippen molar-refractivity contribution in [3.05, 3.63) is 87.5 Å². The van der Waals surface area contributed by atoms with E-state index >= 15 is 0 Å². The Labute approximate surface area is 229 Å². The topological polar surface area (TPSA) is 139 Å². The molecular weight excluding hydrogens is 533 g/mol. The number of hydrogen-bond donors (Lipinski definition) is 4. The number of methoxy groups -OCH3 is 1. The molecule has 1 atom stereocenters. The largest absolute Gasteiger partial charge is 0.467 e. The maximum absolute atomic E-state index is 12.6. The quantitative estimate of drug-likeness (QED) is 0.280. The molecule has 0 saturated heterocycles. The van der Waals surface area contributed by atoms with Gasteiger partial charge in [-0.05, 0) is 55.0 Å². The summed E-state index contributed by atoms with van der Waals surface area (Å²) in [4.78, 5) is 53.9. The molecule has 0 aliphatic carbocycles. The first-order valence-electron chi connectivity index (χ1n) is 11.3. The third-order valence-electron chi connectivity index (χ3n) is 5.21. The minimum Gasteiger partial charge on any atom is -0.467 e. The molecule has 10 nitrogen and oxygen atoms in total. The number of rotatable bonds is 10. The molecule has 12 heteroatoms. The lowest BCUT2D eigenvalue weighted by atomic mass is 10.2. The van der Waals surface area contributed by atoms with Crippen molar-refractivity contribution in [1.29, 1.82) is 0 Å². The van der Waals surface area contributed by atoms with Crippen LogP contribution in [-0.4, -0.2) is 54.9 Å². The van der Waals surface area contributed by atoms with E-state index in [-0.39, 0.29) is 28.7 Å². The van der Waals surface area contributed by atoms with Crippen LogP contribution in [0.3, 0.4) is 0 Å². The Hall–Kier alpha value is -4.15. The Morgan fingerprint density at radius 1 is 0.947 bits per heavy atom. The van der Waals surface area contributed by atoms with Gasteiger partial charge in [-0.2, -0.15) is 0 Å². The SMILES string of the molecule is COC(=O)C(CNC(=O)CNC(=O)c1cccc(Nc2cc(C)ccn2)c1)NC(=O)c1c(Cl)cccc1Cl. The summed E-state index contributed by atoms with van der Waals surface area (Å²) in [6.45, 7) is 1.28. The van der Waals surface area contributed by atoms with Gasteiger partial charge in [-0.15, -0.1) is 0 Å². The third-order valence-corrected chi connectivity index (χ3v) is 5.84. The highest BCUT2D eigenvalue weighted by atomic mass is 35.5. The second-order valence-electron chi connectivity index (χ2n) is 8.06. The average Bonchev–Trinajstić information content (AvgIpc) is 2.89. The van der Waals surface area contributed by atoms with Gasteiger partial charge in [0.05, 0.1) is 29.3 Å². The zero-order chi connectivity index (χ0) is 27.7. The number of aryl methyl sites for hydroxylation is 1. The number of benzene rings is 2. The van der Waals surface area contributed by atoms with Crippen LogP contribution in [-0.2, 0) is 14.3 Å². The highest BCUT2D eigenvalue weighted by Crippen LogP contribution is 2.24. The number of ether oxygens (including phenoxy) is 1. The maximum Gasteiger partial charge on any atom is 0.330 e. The Morgan fingerprint density at radius 2 is 1.66 bits per heavy atom. The van der Waals surface area contributed by atoms with Gasteiger partial charge in [0.1, 0.15) is 11.9 Å². The van der Waals surface area contributed by atoms with Gasteiger partial charge in [0.2, 0.25) is 5.91 Å². The number of esters is 1. The summed E-state index contributed by atoms with van der Waals surface area (Å²) in [5.41, 5.74) is 1.99. The van der Waals surface area contributed by atoms with Crippen LogP contribution in [0.1, 0.15) is 26.3 Å². The van der Waals surface area contributed by atoms with Crippen LogP contribution in [0.15, 0.2) is 60.8 Å². The van der Waals surface area contributed by atoms with E-state index in [0.29, 0.717) is 17.1 Å². The molecular formula is C26H25Cl2N5O5. The number of amides is 3. The van der Waals surface area contributed by atoms with Crippen LogP contribution in [0, 0.1) is 6.92 Å². The van der Waals surface area contributed by atoms with Crippen molar-refractivity contribution in [2.45, 2.75) is 13.0 Å². The van der Waals surface area contributed by atoms with Gasteiger partial charge in [-0.3, -0.25) is 14.4 Å². The Bertz CT molecular complexity index is 1330. The summed E-state index contributed by atoms with van der Waals surface area (Å²) in [5.74, 6) is -1.94. The summed E-state index contributed by atoms with van der Waals surface area (Å²) in [6.07, 6.45) is 1.68. The Kier molecular flexibility index (Phi) is 10.0. The van der Waals surface area contributed by atoms with E-state index in [1.54, 1.807) is 36.5 Å². The number of hydrogen-bond acceptors (Lipinski definition) is 7. The number of aromatic nitrogens is 1. The van der Waals surface area contributed by atoms with E-state index in [1.807, 2.05) is 19.1 Å². The maximum atomic E-state index is 12.6. The van der Waals surface area contributed by atoms with Crippen LogP contribution in [0.25, 0.3) is 0 Å². The van der Waals surface area contributed by atoms with E-state index in [2.05, 4.69) is 26.3 Å². The second-order valence-corrected chi connectivity index (χ2v) is 8.87. The monoisotopic (exact) mass is 557 g/mol. The van der Waals surface area contributed by atoms with E-state index in [4.69, 9.17) is 27.9 Å². The normalized spacial score (nSPS) is 11.2. The van der Waals surface area contributed by atoms with E-state index in [0.717, 1.165) is 12.7 Å². The van der Waals surface area contributed by atoms with Gasteiger partial charge in [-0.25, -0.2) is 9.78 Å². The van der Waals surface area contributed by atoms with Crippen molar-refractivity contribution in [3.8, 4) is 0 Å². The molecule has 198 valence electrons. The lowest BCUT2D eigenvalue weighted by molar-refractivity contribution is -0.142.